The third-order valence-electron chi connectivity index (χ3n) is 4.04. The van der Waals surface area contributed by atoms with Crippen molar-refractivity contribution in [2.45, 2.75) is 58.3 Å². The largest absolute Gasteiger partial charge is 0.325 e. The molecule has 0 saturated heterocycles. The number of aromatic nitrogens is 2. The monoisotopic (exact) mass is 314 g/mol. The quantitative estimate of drug-likeness (QED) is 0.697. The molecule has 2 aromatic rings. The van der Waals surface area contributed by atoms with Gasteiger partial charge in [-0.15, -0.1) is 0 Å². The van der Waals surface area contributed by atoms with Crippen LogP contribution in [0.25, 0.3) is 0 Å². The van der Waals surface area contributed by atoms with E-state index in [1.54, 1.807) is 0 Å². The molecule has 0 fully saturated rings. The summed E-state index contributed by atoms with van der Waals surface area (Å²) in [6.07, 6.45) is 8.87. The van der Waals surface area contributed by atoms with Crippen LogP contribution < -0.4 is 11.2 Å². The van der Waals surface area contributed by atoms with Gasteiger partial charge < -0.3 is 4.98 Å². The minimum absolute atomic E-state index is 0.335. The van der Waals surface area contributed by atoms with Crippen LogP contribution in [-0.2, 0) is 19.3 Å². The fourth-order valence-electron chi connectivity index (χ4n) is 2.83. The van der Waals surface area contributed by atoms with Gasteiger partial charge in [0.25, 0.3) is 5.56 Å². The Labute approximate surface area is 137 Å². The van der Waals surface area contributed by atoms with Gasteiger partial charge in [0.15, 0.2) is 0 Å². The fourth-order valence-corrected chi connectivity index (χ4v) is 2.83. The molecule has 2 N–H and O–H groups in total. The SMILES string of the molecule is CCCCCCc1cccc(CCCc2cc(=O)[nH]c(=O)[nH]2)c1. The second-order valence-electron chi connectivity index (χ2n) is 6.10. The van der Waals surface area contributed by atoms with Crippen LogP contribution >= 0.6 is 0 Å². The van der Waals surface area contributed by atoms with Crippen LogP contribution in [0.3, 0.4) is 0 Å². The van der Waals surface area contributed by atoms with Crippen molar-refractivity contribution < 1.29 is 0 Å². The minimum atomic E-state index is -0.429. The van der Waals surface area contributed by atoms with E-state index in [9.17, 15) is 9.59 Å². The molecule has 0 bridgehead atoms. The van der Waals surface area contributed by atoms with Gasteiger partial charge in [-0.05, 0) is 43.2 Å². The highest BCUT2D eigenvalue weighted by Crippen LogP contribution is 2.12. The highest BCUT2D eigenvalue weighted by molar-refractivity contribution is 5.23. The van der Waals surface area contributed by atoms with E-state index < -0.39 is 5.69 Å². The molecule has 1 aromatic carbocycles. The molecule has 2 rings (SSSR count). The maximum absolute atomic E-state index is 11.3. The van der Waals surface area contributed by atoms with Gasteiger partial charge in [0.1, 0.15) is 0 Å². The Morgan fingerprint density at radius 1 is 0.826 bits per heavy atom. The molecule has 0 saturated carbocycles. The summed E-state index contributed by atoms with van der Waals surface area (Å²) in [6.45, 7) is 2.23. The number of rotatable bonds is 9. The molecule has 0 atom stereocenters. The summed E-state index contributed by atoms with van der Waals surface area (Å²) in [5.74, 6) is 0. The van der Waals surface area contributed by atoms with E-state index in [-0.39, 0.29) is 5.56 Å². The van der Waals surface area contributed by atoms with Gasteiger partial charge in [-0.3, -0.25) is 9.78 Å². The maximum atomic E-state index is 11.3. The summed E-state index contributed by atoms with van der Waals surface area (Å²) in [5, 5.41) is 0. The first-order chi connectivity index (χ1) is 11.2. The van der Waals surface area contributed by atoms with Crippen molar-refractivity contribution in [3.8, 4) is 0 Å². The van der Waals surface area contributed by atoms with Crippen molar-refractivity contribution in [1.29, 1.82) is 0 Å². The Hall–Kier alpha value is -2.10. The fraction of sp³-hybridized carbons (Fsp3) is 0.474. The third kappa shape index (κ3) is 6.27. The van der Waals surface area contributed by atoms with Crippen LogP contribution in [0, 0.1) is 0 Å². The Morgan fingerprint density at radius 3 is 2.26 bits per heavy atom. The number of aryl methyl sites for hydroxylation is 3. The summed E-state index contributed by atoms with van der Waals surface area (Å²) >= 11 is 0. The van der Waals surface area contributed by atoms with Gasteiger partial charge in [0, 0.05) is 11.8 Å². The Balaban J connectivity index is 1.83. The lowest BCUT2D eigenvalue weighted by Gasteiger charge is -2.06. The number of benzene rings is 1. The Bertz CT molecular complexity index is 687. The average molecular weight is 314 g/mol. The number of aromatic amines is 2. The van der Waals surface area contributed by atoms with E-state index in [0.29, 0.717) is 12.1 Å². The number of nitrogens with one attached hydrogen (secondary N) is 2. The molecule has 4 nitrogen and oxygen atoms in total. The summed E-state index contributed by atoms with van der Waals surface area (Å²) in [6, 6.07) is 10.2. The molecule has 0 aliphatic heterocycles. The number of hydrogen-bond acceptors (Lipinski definition) is 2. The van der Waals surface area contributed by atoms with Gasteiger partial charge in [0.05, 0.1) is 0 Å². The van der Waals surface area contributed by atoms with Crippen molar-refractivity contribution in [1.82, 2.24) is 9.97 Å². The van der Waals surface area contributed by atoms with E-state index in [1.165, 1.54) is 42.9 Å². The van der Waals surface area contributed by atoms with Crippen molar-refractivity contribution in [3.63, 3.8) is 0 Å². The zero-order valence-electron chi connectivity index (χ0n) is 13.9. The molecule has 4 heteroatoms. The molecule has 0 unspecified atom stereocenters. The topological polar surface area (TPSA) is 65.7 Å². The van der Waals surface area contributed by atoms with Crippen molar-refractivity contribution in [3.05, 3.63) is 68.0 Å². The van der Waals surface area contributed by atoms with Crippen LogP contribution in [0.15, 0.2) is 39.9 Å². The first-order valence-corrected chi connectivity index (χ1v) is 8.57. The molecule has 0 radical (unpaired) electrons. The van der Waals surface area contributed by atoms with Crippen LogP contribution in [0.4, 0.5) is 0 Å². The zero-order chi connectivity index (χ0) is 16.5. The molecular formula is C19H26N2O2. The molecule has 23 heavy (non-hydrogen) atoms. The van der Waals surface area contributed by atoms with Crippen LogP contribution in [0.5, 0.6) is 0 Å². The van der Waals surface area contributed by atoms with Crippen LogP contribution in [-0.4, -0.2) is 9.97 Å². The van der Waals surface area contributed by atoms with Gasteiger partial charge in [-0.2, -0.15) is 0 Å². The van der Waals surface area contributed by atoms with E-state index >= 15 is 0 Å². The molecular weight excluding hydrogens is 288 g/mol. The molecule has 0 aliphatic carbocycles. The highest BCUT2D eigenvalue weighted by atomic mass is 16.2. The van der Waals surface area contributed by atoms with Gasteiger partial charge in [-0.25, -0.2) is 4.79 Å². The van der Waals surface area contributed by atoms with Crippen molar-refractivity contribution >= 4 is 0 Å². The van der Waals surface area contributed by atoms with Crippen molar-refractivity contribution in [2.75, 3.05) is 0 Å². The summed E-state index contributed by atoms with van der Waals surface area (Å²) in [5.41, 5.74) is 2.67. The first kappa shape index (κ1) is 17.3. The van der Waals surface area contributed by atoms with Gasteiger partial charge >= 0.3 is 5.69 Å². The van der Waals surface area contributed by atoms with Crippen LogP contribution in [0.2, 0.25) is 0 Å². The maximum Gasteiger partial charge on any atom is 0.325 e. The minimum Gasteiger partial charge on any atom is -0.311 e. The molecule has 0 aliphatic rings. The van der Waals surface area contributed by atoms with E-state index in [1.807, 2.05) is 0 Å². The number of hydrogen-bond donors (Lipinski definition) is 2. The van der Waals surface area contributed by atoms with Crippen LogP contribution in [0.1, 0.15) is 55.8 Å². The smallest absolute Gasteiger partial charge is 0.311 e. The zero-order valence-corrected chi connectivity index (χ0v) is 13.9. The molecule has 0 amide bonds. The second-order valence-corrected chi connectivity index (χ2v) is 6.10. The number of unbranched alkanes of at least 4 members (excludes halogenated alkanes) is 3. The lowest BCUT2D eigenvalue weighted by Crippen LogP contribution is -2.22. The highest BCUT2D eigenvalue weighted by Gasteiger charge is 2.00. The van der Waals surface area contributed by atoms with E-state index in [0.717, 1.165) is 19.3 Å². The molecule has 0 spiro atoms. The molecule has 1 aromatic heterocycles. The summed E-state index contributed by atoms with van der Waals surface area (Å²) < 4.78 is 0. The predicted octanol–water partition coefficient (Wildman–Crippen LogP) is 3.36. The van der Waals surface area contributed by atoms with Crippen molar-refractivity contribution in [2.24, 2.45) is 0 Å². The van der Waals surface area contributed by atoms with E-state index in [4.69, 9.17) is 0 Å². The summed E-state index contributed by atoms with van der Waals surface area (Å²) in [7, 11) is 0. The van der Waals surface area contributed by atoms with Gasteiger partial charge in [0.2, 0.25) is 0 Å². The lowest BCUT2D eigenvalue weighted by atomic mass is 10.0. The predicted molar refractivity (Wildman–Crippen MR) is 94.0 cm³/mol. The molecule has 1 heterocycles. The van der Waals surface area contributed by atoms with Gasteiger partial charge in [-0.1, -0.05) is 50.5 Å². The second kappa shape index (κ2) is 9.13. The standard InChI is InChI=1S/C19H26N2O2/c1-2-3-4-5-8-15-9-6-10-16(13-15)11-7-12-17-14-18(22)21-19(23)20-17/h6,9-10,13-14H,2-5,7-8,11-12H2,1H3,(H2,20,21,22,23). The van der Waals surface area contributed by atoms with E-state index in [2.05, 4.69) is 41.2 Å². The average Bonchev–Trinajstić information content (AvgIpc) is 2.51. The third-order valence-corrected chi connectivity index (χ3v) is 4.04. The molecule has 124 valence electrons. The normalized spacial score (nSPS) is 10.8. The Kier molecular flexibility index (Phi) is 6.85. The summed E-state index contributed by atoms with van der Waals surface area (Å²) in [4.78, 5) is 27.3. The first-order valence-electron chi connectivity index (χ1n) is 8.57. The lowest BCUT2D eigenvalue weighted by molar-refractivity contribution is 0.666. The number of H-pyrrole nitrogens is 2. The Morgan fingerprint density at radius 2 is 1.57 bits per heavy atom.